The van der Waals surface area contributed by atoms with Crippen molar-refractivity contribution in [3.8, 4) is 17.0 Å². The van der Waals surface area contributed by atoms with Gasteiger partial charge in [0, 0.05) is 6.04 Å². The van der Waals surface area contributed by atoms with Crippen LogP contribution >= 0.6 is 0 Å². The summed E-state index contributed by atoms with van der Waals surface area (Å²) < 4.78 is 54.7. The standard InChI is InChI=1S/C23H26F3N7O3/c1-35-22-21-20(13-2-7-17-18(10-13)32(31-29-17)12-19(25)26)16(24)11-33(21)30-23(28-22)27-14-3-5-15(6-4-14)36-9-8-34/h2,7,10-11,14-15,19,34H,3-6,8-9,12H2,1H3,(H,27,30)/t14-,15+. The Balaban J connectivity index is 1.44. The first-order chi connectivity index (χ1) is 17.5. The molecule has 13 heteroatoms. The summed E-state index contributed by atoms with van der Waals surface area (Å²) >= 11 is 0. The fourth-order valence-corrected chi connectivity index (χ4v) is 4.66. The average Bonchev–Trinajstić information content (AvgIpc) is 3.42. The lowest BCUT2D eigenvalue weighted by atomic mass is 9.93. The molecule has 1 saturated carbocycles. The van der Waals surface area contributed by atoms with Crippen molar-refractivity contribution >= 4 is 22.5 Å². The Hall–Kier alpha value is -3.45. The number of hydrogen-bond donors (Lipinski definition) is 2. The number of halogens is 3. The van der Waals surface area contributed by atoms with E-state index in [4.69, 9.17) is 14.6 Å². The van der Waals surface area contributed by atoms with Crippen LogP contribution in [0.15, 0.2) is 24.4 Å². The molecule has 192 valence electrons. The van der Waals surface area contributed by atoms with Crippen molar-refractivity contribution in [2.45, 2.75) is 50.8 Å². The Kier molecular flexibility index (Phi) is 6.92. The number of alkyl halides is 2. The molecule has 0 aliphatic heterocycles. The number of nitrogens with one attached hydrogen (secondary N) is 1. The van der Waals surface area contributed by atoms with Crippen LogP contribution in [-0.4, -0.2) is 73.6 Å². The van der Waals surface area contributed by atoms with Crippen LogP contribution < -0.4 is 10.1 Å². The van der Waals surface area contributed by atoms with Gasteiger partial charge in [0.2, 0.25) is 11.8 Å². The monoisotopic (exact) mass is 505 g/mol. The van der Waals surface area contributed by atoms with Gasteiger partial charge in [-0.3, -0.25) is 0 Å². The van der Waals surface area contributed by atoms with E-state index in [1.54, 1.807) is 18.2 Å². The number of nitrogens with zero attached hydrogens (tertiary/aromatic N) is 6. The van der Waals surface area contributed by atoms with E-state index in [9.17, 15) is 8.78 Å². The molecule has 0 radical (unpaired) electrons. The number of aliphatic hydroxyl groups is 1. The van der Waals surface area contributed by atoms with Gasteiger partial charge in [-0.2, -0.15) is 4.98 Å². The van der Waals surface area contributed by atoms with Crippen LogP contribution in [-0.2, 0) is 11.3 Å². The van der Waals surface area contributed by atoms with E-state index < -0.39 is 18.8 Å². The lowest BCUT2D eigenvalue weighted by Gasteiger charge is -2.29. The lowest BCUT2D eigenvalue weighted by molar-refractivity contribution is 0.00718. The fourth-order valence-electron chi connectivity index (χ4n) is 4.66. The Morgan fingerprint density at radius 3 is 2.75 bits per heavy atom. The van der Waals surface area contributed by atoms with Crippen molar-refractivity contribution in [1.29, 1.82) is 0 Å². The molecule has 0 amide bonds. The summed E-state index contributed by atoms with van der Waals surface area (Å²) in [7, 11) is 1.44. The van der Waals surface area contributed by atoms with Gasteiger partial charge in [0.1, 0.15) is 17.6 Å². The maximum atomic E-state index is 15.2. The molecule has 36 heavy (non-hydrogen) atoms. The number of methoxy groups -OCH3 is 1. The normalized spacial score (nSPS) is 18.4. The maximum Gasteiger partial charge on any atom is 0.258 e. The average molecular weight is 506 g/mol. The topological polar surface area (TPSA) is 112 Å². The third kappa shape index (κ3) is 4.80. The highest BCUT2D eigenvalue weighted by Crippen LogP contribution is 2.35. The second kappa shape index (κ2) is 10.3. The molecule has 3 aromatic heterocycles. The third-order valence-electron chi connectivity index (χ3n) is 6.31. The van der Waals surface area contributed by atoms with Crippen molar-refractivity contribution in [1.82, 2.24) is 29.6 Å². The predicted octanol–water partition coefficient (Wildman–Crippen LogP) is 3.29. The molecule has 0 bridgehead atoms. The number of ether oxygens (including phenoxy) is 2. The summed E-state index contributed by atoms with van der Waals surface area (Å²) in [6, 6.07) is 4.93. The number of aliphatic hydroxyl groups excluding tert-OH is 1. The summed E-state index contributed by atoms with van der Waals surface area (Å²) in [5, 5.41) is 24.3. The Labute approximate surface area is 204 Å². The lowest BCUT2D eigenvalue weighted by Crippen LogP contribution is -2.31. The van der Waals surface area contributed by atoms with E-state index in [-0.39, 0.29) is 30.2 Å². The van der Waals surface area contributed by atoms with Gasteiger partial charge in [0.05, 0.1) is 43.7 Å². The van der Waals surface area contributed by atoms with Gasteiger partial charge < -0.3 is 19.9 Å². The smallest absolute Gasteiger partial charge is 0.258 e. The fraction of sp³-hybridized carbons (Fsp3) is 0.478. The molecule has 1 aromatic carbocycles. The molecule has 5 rings (SSSR count). The zero-order valence-corrected chi connectivity index (χ0v) is 19.6. The predicted molar refractivity (Wildman–Crippen MR) is 125 cm³/mol. The number of rotatable bonds is 9. The highest BCUT2D eigenvalue weighted by atomic mass is 19.3. The molecule has 0 spiro atoms. The van der Waals surface area contributed by atoms with E-state index in [0.29, 0.717) is 34.7 Å². The molecule has 0 saturated heterocycles. The van der Waals surface area contributed by atoms with E-state index in [1.807, 2.05) is 0 Å². The first-order valence-electron chi connectivity index (χ1n) is 11.7. The van der Waals surface area contributed by atoms with Crippen molar-refractivity contribution in [2.75, 3.05) is 25.6 Å². The Bertz CT molecular complexity index is 1350. The molecule has 3 heterocycles. The molecule has 4 aromatic rings. The highest BCUT2D eigenvalue weighted by molar-refractivity contribution is 5.89. The molecule has 2 N–H and O–H groups in total. The maximum absolute atomic E-state index is 15.2. The highest BCUT2D eigenvalue weighted by Gasteiger charge is 2.25. The van der Waals surface area contributed by atoms with Gasteiger partial charge >= 0.3 is 0 Å². The third-order valence-corrected chi connectivity index (χ3v) is 6.31. The second-order valence-electron chi connectivity index (χ2n) is 8.67. The minimum Gasteiger partial charge on any atom is -0.479 e. The molecular weight excluding hydrogens is 479 g/mol. The quantitative estimate of drug-likeness (QED) is 0.357. The Morgan fingerprint density at radius 1 is 1.22 bits per heavy atom. The molecule has 1 fully saturated rings. The minimum absolute atomic E-state index is 0.00529. The first-order valence-corrected chi connectivity index (χ1v) is 11.7. The number of aromatic nitrogens is 6. The van der Waals surface area contributed by atoms with Crippen LogP contribution in [0.1, 0.15) is 25.7 Å². The van der Waals surface area contributed by atoms with Gasteiger partial charge in [-0.25, -0.2) is 22.4 Å². The Morgan fingerprint density at radius 2 is 2.03 bits per heavy atom. The zero-order chi connectivity index (χ0) is 25.2. The van der Waals surface area contributed by atoms with Gasteiger partial charge in [0.25, 0.3) is 6.43 Å². The molecule has 0 atom stereocenters. The molecular formula is C23H26F3N7O3. The van der Waals surface area contributed by atoms with Crippen LogP contribution in [0, 0.1) is 5.82 Å². The number of fused-ring (bicyclic) bond motifs is 2. The van der Waals surface area contributed by atoms with Crippen molar-refractivity contribution in [3.05, 3.63) is 30.2 Å². The summed E-state index contributed by atoms with van der Waals surface area (Å²) in [4.78, 5) is 4.47. The van der Waals surface area contributed by atoms with Crippen molar-refractivity contribution in [3.63, 3.8) is 0 Å². The summed E-state index contributed by atoms with van der Waals surface area (Å²) in [5.41, 5.74) is 1.72. The van der Waals surface area contributed by atoms with Crippen LogP contribution in [0.4, 0.5) is 19.1 Å². The SMILES string of the molecule is COc1nc(N[C@H]2CC[C@@H](OCCO)CC2)nn2cc(F)c(-c3ccc4nnn(CC(F)F)c4c3)c12. The summed E-state index contributed by atoms with van der Waals surface area (Å²) in [6.07, 6.45) is 2.12. The first kappa shape index (κ1) is 24.3. The van der Waals surface area contributed by atoms with Crippen LogP contribution in [0.5, 0.6) is 5.88 Å². The van der Waals surface area contributed by atoms with E-state index in [1.165, 1.54) is 17.8 Å². The van der Waals surface area contributed by atoms with Crippen LogP contribution in [0.3, 0.4) is 0 Å². The summed E-state index contributed by atoms with van der Waals surface area (Å²) in [6.45, 7) is -0.277. The molecule has 10 nitrogen and oxygen atoms in total. The molecule has 0 unspecified atom stereocenters. The molecule has 1 aliphatic rings. The number of benzene rings is 1. The summed E-state index contributed by atoms with van der Waals surface area (Å²) in [5.74, 6) is -0.0884. The largest absolute Gasteiger partial charge is 0.479 e. The van der Waals surface area contributed by atoms with Gasteiger partial charge in [-0.15, -0.1) is 10.2 Å². The molecule has 1 aliphatic carbocycles. The van der Waals surface area contributed by atoms with Gasteiger partial charge in [-0.1, -0.05) is 11.3 Å². The van der Waals surface area contributed by atoms with Crippen LogP contribution in [0.2, 0.25) is 0 Å². The second-order valence-corrected chi connectivity index (χ2v) is 8.67. The van der Waals surface area contributed by atoms with E-state index in [2.05, 4.69) is 25.7 Å². The van der Waals surface area contributed by atoms with Gasteiger partial charge in [-0.05, 0) is 43.4 Å². The van der Waals surface area contributed by atoms with E-state index >= 15 is 4.39 Å². The minimum atomic E-state index is -2.60. The van der Waals surface area contributed by atoms with Crippen molar-refractivity contribution < 1.29 is 27.8 Å². The number of hydrogen-bond acceptors (Lipinski definition) is 8. The van der Waals surface area contributed by atoms with Crippen LogP contribution in [0.25, 0.3) is 27.7 Å². The van der Waals surface area contributed by atoms with Gasteiger partial charge in [0.15, 0.2) is 5.82 Å². The van der Waals surface area contributed by atoms with E-state index in [0.717, 1.165) is 30.4 Å². The van der Waals surface area contributed by atoms with Crippen molar-refractivity contribution in [2.24, 2.45) is 0 Å². The number of anilines is 1. The zero-order valence-electron chi connectivity index (χ0n) is 19.6.